The van der Waals surface area contributed by atoms with E-state index in [1.54, 1.807) is 0 Å². The number of fused-ring (bicyclic) bond motifs is 8. The largest absolute Gasteiger partial charge is 0.311 e. The van der Waals surface area contributed by atoms with E-state index >= 15 is 0 Å². The predicted octanol–water partition coefficient (Wildman–Crippen LogP) is 8.25. The Bertz CT molecular complexity index is 1370. The third kappa shape index (κ3) is 19.8. The van der Waals surface area contributed by atoms with Crippen molar-refractivity contribution in [3.8, 4) is 0 Å². The van der Waals surface area contributed by atoms with Crippen molar-refractivity contribution in [3.63, 3.8) is 0 Å². The molecule has 6 aliphatic rings. The summed E-state index contributed by atoms with van der Waals surface area (Å²) in [5.41, 5.74) is 4.68. The Balaban J connectivity index is 0.000000286. The minimum Gasteiger partial charge on any atom is -0.311 e. The maximum Gasteiger partial charge on any atom is 0.0545 e. The van der Waals surface area contributed by atoms with E-state index in [-0.39, 0.29) is 65.3 Å². The third-order valence-corrected chi connectivity index (χ3v) is 13.5. The number of nitrogens with one attached hydrogen (secondary N) is 8. The average Bonchev–Trinajstić information content (AvgIpc) is 3.28. The SMILES string of the molecule is C[C@@H]1N[C@@H]2CCCC[C@H]2NCCN[C@@H]2CCCC[C@H]2N[C@@H](C)c2cccc1n2.S.S.[Cl][Mn][Cl].[Cl][Mn][Cl].c1cc2nc(c1)CN[C@H]1CCCC[C@@H]1NCCNC1CCCC[C@@H]1NC2. The van der Waals surface area contributed by atoms with E-state index in [9.17, 15) is 0 Å². The summed E-state index contributed by atoms with van der Waals surface area (Å²) in [6.45, 7) is 10.5. The van der Waals surface area contributed by atoms with E-state index in [1.165, 1.54) is 126 Å². The molecule has 10 atom stereocenters. The zero-order valence-electron chi connectivity index (χ0n) is 37.0. The van der Waals surface area contributed by atoms with Crippen LogP contribution in [0.2, 0.25) is 0 Å². The molecule has 0 spiro atoms. The van der Waals surface area contributed by atoms with Gasteiger partial charge in [-0.05, 0) is 89.5 Å². The Kier molecular flexibility index (Phi) is 30.8. The number of rotatable bonds is 0. The molecule has 0 radical (unpaired) electrons. The van der Waals surface area contributed by atoms with Crippen LogP contribution in [-0.2, 0) is 39.4 Å². The number of nitrogens with zero attached hydrogens (tertiary/aromatic N) is 2. The van der Waals surface area contributed by atoms with Crippen LogP contribution in [0.25, 0.3) is 0 Å². The normalized spacial score (nSPS) is 31.9. The van der Waals surface area contributed by atoms with Crippen molar-refractivity contribution in [1.29, 1.82) is 0 Å². The molecule has 2 aromatic rings. The van der Waals surface area contributed by atoms with Gasteiger partial charge in [0.2, 0.25) is 0 Å². The fraction of sp³-hybridized carbons (Fsp3) is 0.773. The van der Waals surface area contributed by atoms with Crippen LogP contribution >= 0.6 is 67.4 Å². The molecule has 1 unspecified atom stereocenters. The van der Waals surface area contributed by atoms with Gasteiger partial charge in [0.1, 0.15) is 0 Å². The van der Waals surface area contributed by atoms with E-state index in [0.29, 0.717) is 48.3 Å². The van der Waals surface area contributed by atoms with Gasteiger partial charge in [0.15, 0.2) is 0 Å². The van der Waals surface area contributed by atoms with Crippen LogP contribution in [0.4, 0.5) is 0 Å². The summed E-state index contributed by atoms with van der Waals surface area (Å²) in [5.74, 6) is 0. The number of halogens is 4. The van der Waals surface area contributed by atoms with Crippen LogP contribution in [-0.4, -0.2) is 84.5 Å². The zero-order chi connectivity index (χ0) is 42.4. The van der Waals surface area contributed by atoms with Gasteiger partial charge in [-0.2, -0.15) is 27.0 Å². The third-order valence-electron chi connectivity index (χ3n) is 13.5. The summed E-state index contributed by atoms with van der Waals surface area (Å²) >= 11 is 0.0139. The molecule has 4 bridgehead atoms. The molecule has 4 aliphatic carbocycles. The predicted molar refractivity (Wildman–Crippen MR) is 266 cm³/mol. The molecule has 0 saturated heterocycles. The topological polar surface area (TPSA) is 122 Å². The molecular weight excluding hydrogens is 984 g/mol. The molecule has 18 heteroatoms. The second-order valence-electron chi connectivity index (χ2n) is 17.6. The summed E-state index contributed by atoms with van der Waals surface area (Å²) in [5, 5.41) is 30.7. The molecule has 10 nitrogen and oxygen atoms in total. The number of hydrogen-bond acceptors (Lipinski definition) is 10. The smallest absolute Gasteiger partial charge is 0.0545 e. The summed E-state index contributed by atoms with van der Waals surface area (Å²) in [7, 11) is 19.2. The van der Waals surface area contributed by atoms with Crippen molar-refractivity contribution < 1.29 is 26.3 Å². The zero-order valence-corrected chi connectivity index (χ0v) is 44.3. The van der Waals surface area contributed by atoms with Crippen LogP contribution in [0.5, 0.6) is 0 Å². The van der Waals surface area contributed by atoms with Gasteiger partial charge in [0, 0.05) is 99.7 Å². The Hall–Kier alpha value is 0.879. The maximum atomic E-state index is 5.06. The fourth-order valence-corrected chi connectivity index (χ4v) is 10.4. The van der Waals surface area contributed by atoms with Crippen LogP contribution < -0.4 is 42.5 Å². The molecule has 4 fully saturated rings. The van der Waals surface area contributed by atoms with Gasteiger partial charge in [-0.25, -0.2) is 0 Å². The summed E-state index contributed by atoms with van der Waals surface area (Å²) in [6, 6.07) is 18.1. The van der Waals surface area contributed by atoms with E-state index < -0.39 is 0 Å². The van der Waals surface area contributed by atoms with Gasteiger partial charge >= 0.3 is 66.7 Å². The van der Waals surface area contributed by atoms with Gasteiger partial charge in [-0.1, -0.05) is 63.5 Å². The van der Waals surface area contributed by atoms with Crippen LogP contribution in [0, 0.1) is 0 Å². The number of hydrogen-bond donors (Lipinski definition) is 8. The van der Waals surface area contributed by atoms with Gasteiger partial charge in [-0.15, -0.1) is 0 Å². The second kappa shape index (κ2) is 33.4. The number of pyridine rings is 2. The van der Waals surface area contributed by atoms with E-state index in [1.807, 2.05) is 0 Å². The molecular formula is C44H78Cl4Mn2N10S2. The van der Waals surface area contributed by atoms with Crippen molar-refractivity contribution in [2.45, 2.75) is 190 Å². The second-order valence-corrected chi connectivity index (χ2v) is 21.5. The van der Waals surface area contributed by atoms with Gasteiger partial charge < -0.3 is 42.5 Å². The molecule has 4 saturated carbocycles. The van der Waals surface area contributed by atoms with Crippen molar-refractivity contribution >= 4 is 67.4 Å². The van der Waals surface area contributed by atoms with Crippen LogP contribution in [0.15, 0.2) is 36.4 Å². The van der Waals surface area contributed by atoms with Crippen molar-refractivity contribution in [2.75, 3.05) is 26.2 Å². The molecule has 358 valence electrons. The molecule has 2 aromatic heterocycles. The molecule has 8 rings (SSSR count). The van der Waals surface area contributed by atoms with Gasteiger partial charge in [0.05, 0.1) is 22.8 Å². The molecule has 8 N–H and O–H groups in total. The Morgan fingerprint density at radius 3 is 1.03 bits per heavy atom. The van der Waals surface area contributed by atoms with Crippen molar-refractivity contribution in [1.82, 2.24) is 52.5 Å². The summed E-state index contributed by atoms with van der Waals surface area (Å²) in [6.07, 6.45) is 21.0. The van der Waals surface area contributed by atoms with Crippen molar-refractivity contribution in [3.05, 3.63) is 59.2 Å². The molecule has 0 amide bonds. The van der Waals surface area contributed by atoms with Gasteiger partial charge in [-0.3, -0.25) is 9.97 Å². The Labute approximate surface area is 418 Å². The van der Waals surface area contributed by atoms with E-state index in [2.05, 4.69) is 92.8 Å². The molecule has 0 aromatic carbocycles. The minimum atomic E-state index is 0. The first-order chi connectivity index (χ1) is 29.4. The average molecular weight is 1060 g/mol. The van der Waals surface area contributed by atoms with Crippen LogP contribution in [0.3, 0.4) is 0 Å². The number of aromatic nitrogens is 2. The maximum absolute atomic E-state index is 5.06. The van der Waals surface area contributed by atoms with E-state index in [0.717, 1.165) is 39.3 Å². The monoisotopic (exact) mass is 1060 g/mol. The minimum absolute atomic E-state index is 0. The Morgan fingerprint density at radius 1 is 0.419 bits per heavy atom. The summed E-state index contributed by atoms with van der Waals surface area (Å²) in [4.78, 5) is 9.95. The molecule has 62 heavy (non-hydrogen) atoms. The first-order valence-corrected chi connectivity index (χ1v) is 29.5. The standard InChI is InChI=1S/C23H39N5.C21H35N5.4ClH.2Mn.2H2S/c1-16-18-12-7-13-19(28-18)17(2)27-23-11-6-4-9-21(23)25-15-14-24-20-8-3-5-10-22(20)26-16;1-3-10-20-18(8-1)22-12-13-23-19-9-2-4-11-21(19)25-15-17-7-5-6-16(26-17)14-24-20;;;;;;;;/h7,12-13,16-17,20-27H,3-6,8-11,14-15H2,1-2H3;5-7,18-25H,1-4,8-15H2;4*1H;;;2*1H2/q;;;;;;2*+2;;/p-4/t16-,17-,20+,21+,22+,23+;18-,19?,20-,21-;;;;;;;;/m00......../s1. The van der Waals surface area contributed by atoms with Crippen LogP contribution in [0.1, 0.15) is 151 Å². The fourth-order valence-electron chi connectivity index (χ4n) is 10.4. The first-order valence-electron chi connectivity index (χ1n) is 23.0. The Morgan fingerprint density at radius 2 is 0.694 bits per heavy atom. The van der Waals surface area contributed by atoms with Crippen molar-refractivity contribution in [2.24, 2.45) is 0 Å². The first kappa shape index (κ1) is 57.2. The van der Waals surface area contributed by atoms with Gasteiger partial charge in [0.25, 0.3) is 0 Å². The molecule has 2 aliphatic heterocycles. The summed E-state index contributed by atoms with van der Waals surface area (Å²) < 4.78 is 0. The molecule has 4 heterocycles. The van der Waals surface area contributed by atoms with E-state index in [4.69, 9.17) is 50.4 Å². The quantitative estimate of drug-likeness (QED) is 0.123.